The summed E-state index contributed by atoms with van der Waals surface area (Å²) in [6.45, 7) is 0.363. The number of hydrogen-bond acceptors (Lipinski definition) is 4. The van der Waals surface area contributed by atoms with Gasteiger partial charge in [-0.1, -0.05) is 30.3 Å². The molecular formula is C14H18N2O3. The van der Waals surface area contributed by atoms with Gasteiger partial charge in [-0.05, 0) is 5.56 Å². The summed E-state index contributed by atoms with van der Waals surface area (Å²) in [4.78, 5) is 25.1. The highest BCUT2D eigenvalue weighted by atomic mass is 16.5. The van der Waals surface area contributed by atoms with E-state index < -0.39 is 11.9 Å². The largest absolute Gasteiger partial charge is 0.465 e. The molecule has 0 aliphatic rings. The van der Waals surface area contributed by atoms with Crippen LogP contribution in [0.3, 0.4) is 0 Å². The SMILES string of the molecule is COC(=O)C(=CN(C)C)C(=O)NCc1ccccc1. The zero-order valence-corrected chi connectivity index (χ0v) is 11.3. The van der Waals surface area contributed by atoms with Crippen molar-refractivity contribution in [3.05, 3.63) is 47.7 Å². The van der Waals surface area contributed by atoms with Crippen LogP contribution in [0, 0.1) is 0 Å². The number of carbonyl (C=O) groups excluding carboxylic acids is 2. The maximum absolute atomic E-state index is 11.9. The van der Waals surface area contributed by atoms with E-state index in [1.165, 1.54) is 13.3 Å². The summed E-state index contributed by atoms with van der Waals surface area (Å²) in [5.74, 6) is -1.11. The Hall–Kier alpha value is -2.30. The van der Waals surface area contributed by atoms with Crippen LogP contribution >= 0.6 is 0 Å². The summed E-state index contributed by atoms with van der Waals surface area (Å²) in [5.41, 5.74) is 0.938. The van der Waals surface area contributed by atoms with Crippen LogP contribution in [-0.2, 0) is 20.9 Å². The number of amides is 1. The summed E-state index contributed by atoms with van der Waals surface area (Å²) in [7, 11) is 4.71. The molecule has 0 bridgehead atoms. The third-order valence-electron chi connectivity index (χ3n) is 2.33. The lowest BCUT2D eigenvalue weighted by atomic mass is 10.2. The Morgan fingerprint density at radius 1 is 1.26 bits per heavy atom. The Labute approximate surface area is 112 Å². The number of methoxy groups -OCH3 is 1. The van der Waals surface area contributed by atoms with Gasteiger partial charge < -0.3 is 15.0 Å². The minimum atomic E-state index is -0.653. The van der Waals surface area contributed by atoms with Gasteiger partial charge in [-0.3, -0.25) is 4.79 Å². The Balaban J connectivity index is 2.71. The summed E-state index contributed by atoms with van der Waals surface area (Å²) < 4.78 is 4.59. The van der Waals surface area contributed by atoms with E-state index in [4.69, 9.17) is 0 Å². The van der Waals surface area contributed by atoms with Crippen molar-refractivity contribution in [1.29, 1.82) is 0 Å². The lowest BCUT2D eigenvalue weighted by Crippen LogP contribution is -2.29. The van der Waals surface area contributed by atoms with Crippen LogP contribution < -0.4 is 5.32 Å². The third-order valence-corrected chi connectivity index (χ3v) is 2.33. The van der Waals surface area contributed by atoms with Crippen molar-refractivity contribution in [2.24, 2.45) is 0 Å². The standard InChI is InChI=1S/C14H18N2O3/c1-16(2)10-12(14(18)19-3)13(17)15-9-11-7-5-4-6-8-11/h4-8,10H,9H2,1-3H3,(H,15,17). The molecule has 0 radical (unpaired) electrons. The van der Waals surface area contributed by atoms with Gasteiger partial charge >= 0.3 is 5.97 Å². The average molecular weight is 262 g/mol. The van der Waals surface area contributed by atoms with E-state index in [0.29, 0.717) is 6.54 Å². The number of carbonyl (C=O) groups is 2. The van der Waals surface area contributed by atoms with E-state index in [1.54, 1.807) is 19.0 Å². The van der Waals surface area contributed by atoms with E-state index in [9.17, 15) is 9.59 Å². The summed E-state index contributed by atoms with van der Waals surface area (Å²) in [6, 6.07) is 9.47. The van der Waals surface area contributed by atoms with Crippen molar-refractivity contribution < 1.29 is 14.3 Å². The summed E-state index contributed by atoms with van der Waals surface area (Å²) in [5, 5.41) is 2.68. The number of ether oxygens (including phenoxy) is 1. The minimum Gasteiger partial charge on any atom is -0.465 e. The zero-order chi connectivity index (χ0) is 14.3. The van der Waals surface area contributed by atoms with Crippen LogP contribution in [0.15, 0.2) is 42.1 Å². The van der Waals surface area contributed by atoms with Gasteiger partial charge in [-0.15, -0.1) is 0 Å². The molecule has 0 unspecified atom stereocenters. The number of esters is 1. The third kappa shape index (κ3) is 4.83. The van der Waals surface area contributed by atoms with Crippen molar-refractivity contribution in [2.75, 3.05) is 21.2 Å². The van der Waals surface area contributed by atoms with E-state index in [2.05, 4.69) is 10.1 Å². The van der Waals surface area contributed by atoms with Gasteiger partial charge in [0.2, 0.25) is 0 Å². The normalized spacial score (nSPS) is 10.8. The minimum absolute atomic E-state index is 0.0246. The van der Waals surface area contributed by atoms with Crippen LogP contribution in [-0.4, -0.2) is 38.0 Å². The second-order valence-electron chi connectivity index (χ2n) is 4.17. The smallest absolute Gasteiger partial charge is 0.344 e. The quantitative estimate of drug-likeness (QED) is 0.371. The molecule has 0 spiro atoms. The molecule has 0 aliphatic heterocycles. The van der Waals surface area contributed by atoms with Gasteiger partial charge in [0.15, 0.2) is 0 Å². The first-order valence-corrected chi connectivity index (χ1v) is 5.83. The van der Waals surface area contributed by atoms with Crippen molar-refractivity contribution in [1.82, 2.24) is 10.2 Å². The fraction of sp³-hybridized carbons (Fsp3) is 0.286. The fourth-order valence-electron chi connectivity index (χ4n) is 1.45. The molecule has 5 nitrogen and oxygen atoms in total. The molecule has 0 atom stereocenters. The van der Waals surface area contributed by atoms with E-state index in [-0.39, 0.29) is 5.57 Å². The molecule has 0 aromatic heterocycles. The number of hydrogen-bond donors (Lipinski definition) is 1. The molecule has 1 amide bonds. The Morgan fingerprint density at radius 3 is 2.42 bits per heavy atom. The van der Waals surface area contributed by atoms with E-state index in [0.717, 1.165) is 5.56 Å². The molecule has 0 saturated carbocycles. The van der Waals surface area contributed by atoms with Gasteiger partial charge in [0.25, 0.3) is 5.91 Å². The maximum atomic E-state index is 11.9. The molecule has 5 heteroatoms. The molecule has 0 saturated heterocycles. The Kier molecular flexibility index (Phi) is 5.60. The molecule has 0 aliphatic carbocycles. The highest BCUT2D eigenvalue weighted by Crippen LogP contribution is 2.02. The highest BCUT2D eigenvalue weighted by molar-refractivity contribution is 6.16. The molecular weight excluding hydrogens is 244 g/mol. The van der Waals surface area contributed by atoms with Gasteiger partial charge in [0.05, 0.1) is 7.11 Å². The van der Waals surface area contributed by atoms with Crippen LogP contribution in [0.2, 0.25) is 0 Å². The number of nitrogens with one attached hydrogen (secondary N) is 1. The molecule has 0 fully saturated rings. The van der Waals surface area contributed by atoms with E-state index in [1.807, 2.05) is 30.3 Å². The Morgan fingerprint density at radius 2 is 1.89 bits per heavy atom. The summed E-state index contributed by atoms with van der Waals surface area (Å²) in [6.07, 6.45) is 1.44. The van der Waals surface area contributed by atoms with Crippen molar-refractivity contribution in [2.45, 2.75) is 6.54 Å². The molecule has 1 aromatic carbocycles. The lowest BCUT2D eigenvalue weighted by molar-refractivity contribution is -0.138. The van der Waals surface area contributed by atoms with Crippen LogP contribution in [0.5, 0.6) is 0 Å². The number of nitrogens with zero attached hydrogens (tertiary/aromatic N) is 1. The molecule has 1 rings (SSSR count). The Bertz CT molecular complexity index is 467. The van der Waals surface area contributed by atoms with Gasteiger partial charge in [-0.2, -0.15) is 0 Å². The first-order valence-electron chi connectivity index (χ1n) is 5.83. The van der Waals surface area contributed by atoms with Crippen LogP contribution in [0.1, 0.15) is 5.56 Å². The number of rotatable bonds is 5. The monoisotopic (exact) mass is 262 g/mol. The molecule has 0 heterocycles. The molecule has 1 N–H and O–H groups in total. The van der Waals surface area contributed by atoms with Crippen LogP contribution in [0.25, 0.3) is 0 Å². The van der Waals surface area contributed by atoms with Crippen molar-refractivity contribution in [3.8, 4) is 0 Å². The zero-order valence-electron chi connectivity index (χ0n) is 11.3. The predicted molar refractivity (Wildman–Crippen MR) is 72.1 cm³/mol. The lowest BCUT2D eigenvalue weighted by Gasteiger charge is -2.11. The molecule has 102 valence electrons. The average Bonchev–Trinajstić information content (AvgIpc) is 2.42. The predicted octanol–water partition coefficient (Wildman–Crippen LogP) is 0.921. The van der Waals surface area contributed by atoms with Gasteiger partial charge in [0, 0.05) is 26.8 Å². The maximum Gasteiger partial charge on any atom is 0.344 e. The topological polar surface area (TPSA) is 58.6 Å². The highest BCUT2D eigenvalue weighted by Gasteiger charge is 2.18. The van der Waals surface area contributed by atoms with Crippen LogP contribution in [0.4, 0.5) is 0 Å². The second-order valence-corrected chi connectivity index (χ2v) is 4.17. The van der Waals surface area contributed by atoms with Crippen molar-refractivity contribution in [3.63, 3.8) is 0 Å². The number of benzene rings is 1. The van der Waals surface area contributed by atoms with Gasteiger partial charge in [0.1, 0.15) is 5.57 Å². The van der Waals surface area contributed by atoms with E-state index >= 15 is 0 Å². The van der Waals surface area contributed by atoms with Crippen molar-refractivity contribution >= 4 is 11.9 Å². The molecule has 19 heavy (non-hydrogen) atoms. The first kappa shape index (κ1) is 14.8. The van der Waals surface area contributed by atoms with Gasteiger partial charge in [-0.25, -0.2) is 4.79 Å². The second kappa shape index (κ2) is 7.20. The molecule has 1 aromatic rings. The first-order chi connectivity index (χ1) is 9.04. The summed E-state index contributed by atoms with van der Waals surface area (Å²) >= 11 is 0. The fourth-order valence-corrected chi connectivity index (χ4v) is 1.45.